The van der Waals surface area contributed by atoms with E-state index >= 15 is 0 Å². The molecule has 1 amide bonds. The highest BCUT2D eigenvalue weighted by Gasteiger charge is 2.14. The lowest BCUT2D eigenvalue weighted by atomic mass is 10.3. The van der Waals surface area contributed by atoms with Crippen LogP contribution in [-0.2, 0) is 4.79 Å². The first-order valence-electron chi connectivity index (χ1n) is 4.96. The molecule has 0 aromatic carbocycles. The van der Waals surface area contributed by atoms with Crippen LogP contribution in [0.3, 0.4) is 0 Å². The zero-order valence-corrected chi connectivity index (χ0v) is 9.66. The summed E-state index contributed by atoms with van der Waals surface area (Å²) in [5.41, 5.74) is 2.59. The summed E-state index contributed by atoms with van der Waals surface area (Å²) in [5.74, 6) is -0.204. The van der Waals surface area contributed by atoms with Crippen LogP contribution in [0.4, 0.5) is 5.69 Å². The van der Waals surface area contributed by atoms with Crippen molar-refractivity contribution in [1.82, 2.24) is 9.78 Å². The molecular formula is C11H17N3O. The Hall–Kier alpha value is -1.58. The van der Waals surface area contributed by atoms with E-state index in [1.165, 1.54) is 6.08 Å². The van der Waals surface area contributed by atoms with Gasteiger partial charge in [0.2, 0.25) is 5.91 Å². The number of hydrogen-bond acceptors (Lipinski definition) is 2. The van der Waals surface area contributed by atoms with E-state index in [1.54, 1.807) is 0 Å². The van der Waals surface area contributed by atoms with Gasteiger partial charge in [-0.05, 0) is 33.8 Å². The molecule has 1 N–H and O–H groups in total. The van der Waals surface area contributed by atoms with Gasteiger partial charge in [-0.25, -0.2) is 0 Å². The van der Waals surface area contributed by atoms with Crippen LogP contribution in [0, 0.1) is 13.8 Å². The maximum Gasteiger partial charge on any atom is 0.247 e. The zero-order chi connectivity index (χ0) is 11.6. The number of carbonyl (C=O) groups excluding carboxylic acids is 1. The predicted octanol–water partition coefficient (Wildman–Crippen LogP) is 2.21. The summed E-state index contributed by atoms with van der Waals surface area (Å²) in [6, 6.07) is 0.290. The lowest BCUT2D eigenvalue weighted by Crippen LogP contribution is -2.10. The third kappa shape index (κ3) is 2.26. The Kier molecular flexibility index (Phi) is 3.29. The summed E-state index contributed by atoms with van der Waals surface area (Å²) >= 11 is 0. The van der Waals surface area contributed by atoms with E-state index in [1.807, 2.05) is 18.5 Å². The molecule has 4 nitrogen and oxygen atoms in total. The molecule has 15 heavy (non-hydrogen) atoms. The third-order valence-corrected chi connectivity index (χ3v) is 2.25. The van der Waals surface area contributed by atoms with Crippen LogP contribution in [0.2, 0.25) is 0 Å². The molecule has 0 radical (unpaired) electrons. The van der Waals surface area contributed by atoms with E-state index in [-0.39, 0.29) is 11.9 Å². The monoisotopic (exact) mass is 207 g/mol. The van der Waals surface area contributed by atoms with Crippen LogP contribution in [0.1, 0.15) is 31.3 Å². The number of hydrogen-bond donors (Lipinski definition) is 1. The fourth-order valence-electron chi connectivity index (χ4n) is 1.52. The van der Waals surface area contributed by atoms with Crippen molar-refractivity contribution in [2.24, 2.45) is 0 Å². The van der Waals surface area contributed by atoms with Crippen molar-refractivity contribution in [2.45, 2.75) is 33.7 Å². The van der Waals surface area contributed by atoms with Crippen LogP contribution in [-0.4, -0.2) is 15.7 Å². The number of nitrogens with one attached hydrogen (secondary N) is 1. The van der Waals surface area contributed by atoms with Crippen LogP contribution < -0.4 is 5.32 Å². The average molecular weight is 207 g/mol. The molecule has 82 valence electrons. The topological polar surface area (TPSA) is 46.9 Å². The highest BCUT2D eigenvalue weighted by molar-refractivity contribution is 5.99. The van der Waals surface area contributed by atoms with E-state index in [9.17, 15) is 4.79 Å². The summed E-state index contributed by atoms with van der Waals surface area (Å²) < 4.78 is 1.90. The van der Waals surface area contributed by atoms with Crippen LogP contribution in [0.5, 0.6) is 0 Å². The normalized spacial score (nSPS) is 10.5. The molecule has 0 bridgehead atoms. The first kappa shape index (κ1) is 11.5. The first-order chi connectivity index (χ1) is 6.97. The summed E-state index contributed by atoms with van der Waals surface area (Å²) in [6.45, 7) is 11.3. The smallest absolute Gasteiger partial charge is 0.247 e. The maximum atomic E-state index is 11.2. The van der Waals surface area contributed by atoms with Gasteiger partial charge < -0.3 is 5.32 Å². The second-order valence-corrected chi connectivity index (χ2v) is 3.78. The number of rotatable bonds is 3. The van der Waals surface area contributed by atoms with Gasteiger partial charge >= 0.3 is 0 Å². The molecule has 0 atom stereocenters. The van der Waals surface area contributed by atoms with Crippen molar-refractivity contribution in [2.75, 3.05) is 5.32 Å². The van der Waals surface area contributed by atoms with Gasteiger partial charge in [0.05, 0.1) is 17.1 Å². The fraction of sp³-hybridized carbons (Fsp3) is 0.455. The average Bonchev–Trinajstić information content (AvgIpc) is 2.45. The van der Waals surface area contributed by atoms with Crippen LogP contribution >= 0.6 is 0 Å². The zero-order valence-electron chi connectivity index (χ0n) is 9.66. The van der Waals surface area contributed by atoms with Crippen molar-refractivity contribution in [3.05, 3.63) is 24.0 Å². The van der Waals surface area contributed by atoms with Gasteiger partial charge in [-0.3, -0.25) is 9.48 Å². The van der Waals surface area contributed by atoms with E-state index in [0.717, 1.165) is 17.1 Å². The largest absolute Gasteiger partial charge is 0.319 e. The molecule has 0 aliphatic heterocycles. The number of nitrogens with zero attached hydrogens (tertiary/aromatic N) is 2. The Morgan fingerprint density at radius 1 is 1.53 bits per heavy atom. The van der Waals surface area contributed by atoms with Crippen LogP contribution in [0.25, 0.3) is 0 Å². The van der Waals surface area contributed by atoms with Crippen molar-refractivity contribution in [3.63, 3.8) is 0 Å². The SMILES string of the molecule is C=CC(=O)Nc1c(C)nn(C(C)C)c1C. The molecule has 4 heteroatoms. The highest BCUT2D eigenvalue weighted by Crippen LogP contribution is 2.22. The standard InChI is InChI=1S/C11H17N3O/c1-6-10(15)12-11-8(4)13-14(7(2)3)9(11)5/h6-7H,1H2,2-5H3,(H,12,15). The van der Waals surface area contributed by atoms with E-state index in [0.29, 0.717) is 0 Å². The Balaban J connectivity index is 3.08. The lowest BCUT2D eigenvalue weighted by molar-refractivity contribution is -0.111. The van der Waals surface area contributed by atoms with Gasteiger partial charge in [0.25, 0.3) is 0 Å². The van der Waals surface area contributed by atoms with Gasteiger partial charge in [-0.15, -0.1) is 0 Å². The molecule has 0 unspecified atom stereocenters. The quantitative estimate of drug-likeness (QED) is 0.772. The number of aromatic nitrogens is 2. The number of aryl methyl sites for hydroxylation is 1. The molecule has 1 heterocycles. The predicted molar refractivity (Wildman–Crippen MR) is 60.9 cm³/mol. The van der Waals surface area contributed by atoms with E-state index in [4.69, 9.17) is 0 Å². The molecule has 1 aromatic rings. The second-order valence-electron chi connectivity index (χ2n) is 3.78. The Morgan fingerprint density at radius 3 is 2.53 bits per heavy atom. The third-order valence-electron chi connectivity index (χ3n) is 2.25. The highest BCUT2D eigenvalue weighted by atomic mass is 16.1. The number of anilines is 1. The Morgan fingerprint density at radius 2 is 2.13 bits per heavy atom. The van der Waals surface area contributed by atoms with Gasteiger partial charge in [0, 0.05) is 6.04 Å². The summed E-state index contributed by atoms with van der Waals surface area (Å²) in [4.78, 5) is 11.2. The van der Waals surface area contributed by atoms with Crippen molar-refractivity contribution < 1.29 is 4.79 Å². The summed E-state index contributed by atoms with van der Waals surface area (Å²) in [6.07, 6.45) is 1.26. The molecular weight excluding hydrogens is 190 g/mol. The lowest BCUT2D eigenvalue weighted by Gasteiger charge is -2.08. The van der Waals surface area contributed by atoms with E-state index < -0.39 is 0 Å². The number of amides is 1. The Labute approximate surface area is 90.0 Å². The van der Waals surface area contributed by atoms with Crippen molar-refractivity contribution in [3.8, 4) is 0 Å². The summed E-state index contributed by atoms with van der Waals surface area (Å²) in [7, 11) is 0. The van der Waals surface area contributed by atoms with E-state index in [2.05, 4.69) is 30.8 Å². The number of carbonyl (C=O) groups is 1. The summed E-state index contributed by atoms with van der Waals surface area (Å²) in [5, 5.41) is 7.13. The van der Waals surface area contributed by atoms with Gasteiger partial charge in [-0.1, -0.05) is 6.58 Å². The maximum absolute atomic E-state index is 11.2. The first-order valence-corrected chi connectivity index (χ1v) is 4.96. The molecule has 0 spiro atoms. The minimum Gasteiger partial charge on any atom is -0.319 e. The minimum absolute atomic E-state index is 0.204. The minimum atomic E-state index is -0.204. The van der Waals surface area contributed by atoms with Crippen LogP contribution in [0.15, 0.2) is 12.7 Å². The second kappa shape index (κ2) is 4.29. The van der Waals surface area contributed by atoms with Gasteiger partial charge in [0.1, 0.15) is 0 Å². The molecule has 0 saturated carbocycles. The van der Waals surface area contributed by atoms with Gasteiger partial charge in [-0.2, -0.15) is 5.10 Å². The van der Waals surface area contributed by atoms with Gasteiger partial charge in [0.15, 0.2) is 0 Å². The fourth-order valence-corrected chi connectivity index (χ4v) is 1.52. The molecule has 1 aromatic heterocycles. The molecule has 0 aliphatic rings. The van der Waals surface area contributed by atoms with Crippen molar-refractivity contribution >= 4 is 11.6 Å². The molecule has 0 aliphatic carbocycles. The molecule has 0 saturated heterocycles. The van der Waals surface area contributed by atoms with Crippen molar-refractivity contribution in [1.29, 1.82) is 0 Å². The molecule has 0 fully saturated rings. The Bertz CT molecular complexity index is 391. The molecule has 1 rings (SSSR count).